The molecule has 0 bridgehead atoms. The Labute approximate surface area is 124 Å². The van der Waals surface area contributed by atoms with Crippen LogP contribution in [0.15, 0.2) is 42.6 Å². The van der Waals surface area contributed by atoms with E-state index in [1.165, 1.54) is 0 Å². The van der Waals surface area contributed by atoms with Crippen LogP contribution >= 0.6 is 0 Å². The summed E-state index contributed by atoms with van der Waals surface area (Å²) >= 11 is 0. The van der Waals surface area contributed by atoms with E-state index in [4.69, 9.17) is 4.74 Å². The number of anilines is 1. The first kappa shape index (κ1) is 14.8. The number of nitrogens with one attached hydrogen (secondary N) is 2. The lowest BCUT2D eigenvalue weighted by atomic mass is 10.2. The van der Waals surface area contributed by atoms with Crippen molar-refractivity contribution in [2.45, 2.75) is 13.5 Å². The van der Waals surface area contributed by atoms with Gasteiger partial charge in [-0.1, -0.05) is 12.1 Å². The van der Waals surface area contributed by atoms with E-state index < -0.39 is 0 Å². The summed E-state index contributed by atoms with van der Waals surface area (Å²) in [5.41, 5.74) is 1.59. The number of hydrogen-bond acceptors (Lipinski definition) is 4. The number of aromatic nitrogens is 1. The second-order valence-electron chi connectivity index (χ2n) is 4.41. The average molecular weight is 285 g/mol. The Morgan fingerprint density at radius 2 is 2.14 bits per heavy atom. The van der Waals surface area contributed by atoms with Crippen molar-refractivity contribution in [3.63, 3.8) is 0 Å². The van der Waals surface area contributed by atoms with Crippen LogP contribution in [-0.2, 0) is 6.54 Å². The second-order valence-corrected chi connectivity index (χ2v) is 4.41. The number of benzene rings is 1. The lowest BCUT2D eigenvalue weighted by Gasteiger charge is -2.11. The molecule has 0 aliphatic heterocycles. The zero-order chi connectivity index (χ0) is 15.1. The molecule has 0 atom stereocenters. The summed E-state index contributed by atoms with van der Waals surface area (Å²) in [7, 11) is 1.60. The molecule has 5 heteroatoms. The number of ether oxygens (including phenoxy) is 1. The predicted octanol–water partition coefficient (Wildman–Crippen LogP) is 2.45. The van der Waals surface area contributed by atoms with Crippen molar-refractivity contribution in [2.24, 2.45) is 0 Å². The Bertz CT molecular complexity index is 614. The topological polar surface area (TPSA) is 63.2 Å². The SMILES string of the molecule is CCOc1cccc(CNc2ncccc2C(=O)NC)c1. The molecule has 0 spiro atoms. The lowest BCUT2D eigenvalue weighted by Crippen LogP contribution is -2.20. The van der Waals surface area contributed by atoms with E-state index in [9.17, 15) is 4.79 Å². The van der Waals surface area contributed by atoms with Gasteiger partial charge in [0.15, 0.2) is 0 Å². The first-order chi connectivity index (χ1) is 10.2. The minimum Gasteiger partial charge on any atom is -0.494 e. The predicted molar refractivity (Wildman–Crippen MR) is 82.6 cm³/mol. The molecule has 5 nitrogen and oxygen atoms in total. The first-order valence-electron chi connectivity index (χ1n) is 6.87. The van der Waals surface area contributed by atoms with Crippen molar-refractivity contribution in [3.8, 4) is 5.75 Å². The van der Waals surface area contributed by atoms with Crippen LogP contribution in [-0.4, -0.2) is 24.5 Å². The third kappa shape index (κ3) is 3.95. The number of amides is 1. The van der Waals surface area contributed by atoms with Crippen LogP contribution in [0.25, 0.3) is 0 Å². The third-order valence-corrected chi connectivity index (χ3v) is 2.95. The molecule has 2 N–H and O–H groups in total. The van der Waals surface area contributed by atoms with Gasteiger partial charge in [-0.05, 0) is 36.8 Å². The highest BCUT2D eigenvalue weighted by Gasteiger charge is 2.10. The van der Waals surface area contributed by atoms with Crippen LogP contribution in [0.2, 0.25) is 0 Å². The molecule has 1 aromatic carbocycles. The highest BCUT2D eigenvalue weighted by Crippen LogP contribution is 2.16. The fourth-order valence-electron chi connectivity index (χ4n) is 1.96. The summed E-state index contributed by atoms with van der Waals surface area (Å²) in [6.45, 7) is 3.16. The molecule has 1 heterocycles. The summed E-state index contributed by atoms with van der Waals surface area (Å²) in [6.07, 6.45) is 1.66. The summed E-state index contributed by atoms with van der Waals surface area (Å²) < 4.78 is 5.47. The summed E-state index contributed by atoms with van der Waals surface area (Å²) in [5.74, 6) is 1.25. The Kier molecular flexibility index (Phi) is 5.15. The molecular weight excluding hydrogens is 266 g/mol. The standard InChI is InChI=1S/C16H19N3O2/c1-3-21-13-7-4-6-12(10-13)11-19-15-14(16(20)17-2)8-5-9-18-15/h4-10H,3,11H2,1-2H3,(H,17,20)(H,18,19). The fraction of sp³-hybridized carbons (Fsp3) is 0.250. The largest absolute Gasteiger partial charge is 0.494 e. The molecule has 0 radical (unpaired) electrons. The van der Waals surface area contributed by atoms with E-state index in [0.29, 0.717) is 24.5 Å². The van der Waals surface area contributed by atoms with Crippen LogP contribution < -0.4 is 15.4 Å². The van der Waals surface area contributed by atoms with Crippen molar-refractivity contribution in [3.05, 3.63) is 53.7 Å². The van der Waals surface area contributed by atoms with E-state index in [-0.39, 0.29) is 5.91 Å². The van der Waals surface area contributed by atoms with Crippen molar-refractivity contribution in [1.29, 1.82) is 0 Å². The number of nitrogens with zero attached hydrogens (tertiary/aromatic N) is 1. The Hall–Kier alpha value is -2.56. The molecule has 0 aliphatic rings. The Morgan fingerprint density at radius 1 is 1.29 bits per heavy atom. The molecule has 1 aromatic heterocycles. The molecule has 2 rings (SSSR count). The molecule has 0 aliphatic carbocycles. The van der Waals surface area contributed by atoms with E-state index in [0.717, 1.165) is 11.3 Å². The van der Waals surface area contributed by atoms with Gasteiger partial charge in [-0.2, -0.15) is 0 Å². The van der Waals surface area contributed by atoms with Crippen LogP contribution in [0.1, 0.15) is 22.8 Å². The lowest BCUT2D eigenvalue weighted by molar-refractivity contribution is 0.0963. The van der Waals surface area contributed by atoms with Gasteiger partial charge in [-0.25, -0.2) is 4.98 Å². The average Bonchev–Trinajstić information content (AvgIpc) is 2.53. The van der Waals surface area contributed by atoms with E-state index >= 15 is 0 Å². The van der Waals surface area contributed by atoms with Gasteiger partial charge in [0.25, 0.3) is 5.91 Å². The van der Waals surface area contributed by atoms with Gasteiger partial charge in [0.1, 0.15) is 11.6 Å². The maximum absolute atomic E-state index is 11.8. The minimum atomic E-state index is -0.159. The molecular formula is C16H19N3O2. The molecule has 110 valence electrons. The van der Waals surface area contributed by atoms with Gasteiger partial charge in [0.2, 0.25) is 0 Å². The highest BCUT2D eigenvalue weighted by molar-refractivity contribution is 5.98. The first-order valence-corrected chi connectivity index (χ1v) is 6.87. The quantitative estimate of drug-likeness (QED) is 0.855. The third-order valence-electron chi connectivity index (χ3n) is 2.95. The monoisotopic (exact) mass is 285 g/mol. The van der Waals surface area contributed by atoms with Gasteiger partial charge >= 0.3 is 0 Å². The van der Waals surface area contributed by atoms with E-state index in [1.807, 2.05) is 31.2 Å². The van der Waals surface area contributed by atoms with E-state index in [1.54, 1.807) is 25.4 Å². The maximum Gasteiger partial charge on any atom is 0.254 e. The highest BCUT2D eigenvalue weighted by atomic mass is 16.5. The zero-order valence-electron chi connectivity index (χ0n) is 12.2. The minimum absolute atomic E-state index is 0.159. The Morgan fingerprint density at radius 3 is 2.90 bits per heavy atom. The molecule has 2 aromatic rings. The van der Waals surface area contributed by atoms with Crippen LogP contribution in [0.5, 0.6) is 5.75 Å². The van der Waals surface area contributed by atoms with Gasteiger partial charge in [-0.3, -0.25) is 4.79 Å². The maximum atomic E-state index is 11.8. The number of rotatable bonds is 6. The molecule has 0 unspecified atom stereocenters. The van der Waals surface area contributed by atoms with Gasteiger partial charge in [0.05, 0.1) is 12.2 Å². The van der Waals surface area contributed by atoms with Crippen LogP contribution in [0.3, 0.4) is 0 Å². The van der Waals surface area contributed by atoms with Gasteiger partial charge < -0.3 is 15.4 Å². The van der Waals surface area contributed by atoms with E-state index in [2.05, 4.69) is 15.6 Å². The molecule has 0 saturated carbocycles. The van der Waals surface area contributed by atoms with Gasteiger partial charge in [-0.15, -0.1) is 0 Å². The zero-order valence-corrected chi connectivity index (χ0v) is 12.2. The number of hydrogen-bond donors (Lipinski definition) is 2. The number of pyridine rings is 1. The molecule has 0 fully saturated rings. The van der Waals surface area contributed by atoms with Crippen LogP contribution in [0, 0.1) is 0 Å². The number of carbonyl (C=O) groups is 1. The molecule has 1 amide bonds. The van der Waals surface area contributed by atoms with Gasteiger partial charge in [0, 0.05) is 19.8 Å². The smallest absolute Gasteiger partial charge is 0.254 e. The van der Waals surface area contributed by atoms with Crippen LogP contribution in [0.4, 0.5) is 5.82 Å². The Balaban J connectivity index is 2.09. The molecule has 21 heavy (non-hydrogen) atoms. The number of carbonyl (C=O) groups excluding carboxylic acids is 1. The summed E-state index contributed by atoms with van der Waals surface area (Å²) in [6, 6.07) is 11.3. The van der Waals surface area contributed by atoms with Crippen molar-refractivity contribution in [1.82, 2.24) is 10.3 Å². The normalized spacial score (nSPS) is 10.0. The van der Waals surface area contributed by atoms with Crippen molar-refractivity contribution < 1.29 is 9.53 Å². The van der Waals surface area contributed by atoms with Crippen molar-refractivity contribution in [2.75, 3.05) is 19.0 Å². The fourth-order valence-corrected chi connectivity index (χ4v) is 1.96. The second kappa shape index (κ2) is 7.28. The summed E-state index contributed by atoms with van der Waals surface area (Å²) in [5, 5.41) is 5.79. The molecule has 0 saturated heterocycles. The summed E-state index contributed by atoms with van der Waals surface area (Å²) in [4.78, 5) is 16.0. The van der Waals surface area contributed by atoms with Crippen molar-refractivity contribution >= 4 is 11.7 Å².